The van der Waals surface area contributed by atoms with Crippen molar-refractivity contribution in [1.29, 1.82) is 0 Å². The van der Waals surface area contributed by atoms with Gasteiger partial charge in [-0.05, 0) is 47.0 Å². The highest BCUT2D eigenvalue weighted by Crippen LogP contribution is 2.28. The number of fused-ring (bicyclic) bond motifs is 3. The van der Waals surface area contributed by atoms with Crippen molar-refractivity contribution in [2.45, 2.75) is 26.4 Å². The standard InChI is InChI=1S/C20H21NO2/c1-3-23-20(22)14(2)21-13-16-12-15-8-4-5-9-17(15)19-11-7-6-10-18(16)19/h4-12,14,21H,3,13H2,1-2H3. The Morgan fingerprint density at radius 2 is 1.70 bits per heavy atom. The second-order valence-electron chi connectivity index (χ2n) is 5.66. The van der Waals surface area contributed by atoms with E-state index in [1.807, 2.05) is 13.8 Å². The number of carbonyl (C=O) groups is 1. The first kappa shape index (κ1) is 15.5. The molecule has 1 atom stereocenters. The third-order valence-electron chi connectivity index (χ3n) is 4.09. The molecule has 3 aromatic carbocycles. The minimum Gasteiger partial charge on any atom is -0.465 e. The van der Waals surface area contributed by atoms with E-state index in [0.717, 1.165) is 0 Å². The largest absolute Gasteiger partial charge is 0.465 e. The molecule has 3 heteroatoms. The number of hydrogen-bond acceptors (Lipinski definition) is 3. The highest BCUT2D eigenvalue weighted by Gasteiger charge is 2.14. The van der Waals surface area contributed by atoms with Gasteiger partial charge < -0.3 is 10.1 Å². The van der Waals surface area contributed by atoms with E-state index in [1.165, 1.54) is 27.1 Å². The summed E-state index contributed by atoms with van der Waals surface area (Å²) in [4.78, 5) is 11.8. The van der Waals surface area contributed by atoms with E-state index < -0.39 is 0 Å². The molecule has 0 aliphatic rings. The molecule has 0 saturated heterocycles. The highest BCUT2D eigenvalue weighted by molar-refractivity contribution is 6.08. The molecule has 0 saturated carbocycles. The van der Waals surface area contributed by atoms with Crippen LogP contribution in [0, 0.1) is 0 Å². The Labute approximate surface area is 136 Å². The lowest BCUT2D eigenvalue weighted by Gasteiger charge is -2.15. The Morgan fingerprint density at radius 1 is 1.04 bits per heavy atom. The van der Waals surface area contributed by atoms with Gasteiger partial charge in [0.25, 0.3) is 0 Å². The maximum Gasteiger partial charge on any atom is 0.322 e. The molecule has 1 N–H and O–H groups in total. The lowest BCUT2D eigenvalue weighted by Crippen LogP contribution is -2.34. The van der Waals surface area contributed by atoms with Crippen LogP contribution in [0.15, 0.2) is 54.6 Å². The maximum absolute atomic E-state index is 11.8. The second kappa shape index (κ2) is 6.80. The molecule has 23 heavy (non-hydrogen) atoms. The summed E-state index contributed by atoms with van der Waals surface area (Å²) in [5, 5.41) is 8.19. The number of benzene rings is 3. The Morgan fingerprint density at radius 3 is 2.43 bits per heavy atom. The van der Waals surface area contributed by atoms with E-state index in [9.17, 15) is 4.79 Å². The zero-order valence-corrected chi connectivity index (χ0v) is 13.5. The average Bonchev–Trinajstić information content (AvgIpc) is 2.59. The van der Waals surface area contributed by atoms with Crippen LogP contribution in [0.25, 0.3) is 21.5 Å². The van der Waals surface area contributed by atoms with Crippen LogP contribution >= 0.6 is 0 Å². The Bertz CT molecular complexity index is 841. The molecule has 0 fully saturated rings. The summed E-state index contributed by atoms with van der Waals surface area (Å²) in [6.45, 7) is 4.69. The van der Waals surface area contributed by atoms with Crippen molar-refractivity contribution in [3.8, 4) is 0 Å². The predicted octanol–water partition coefficient (Wildman–Crippen LogP) is 4.03. The molecule has 0 bridgehead atoms. The number of nitrogens with one attached hydrogen (secondary N) is 1. The molecule has 0 radical (unpaired) electrons. The van der Waals surface area contributed by atoms with Crippen molar-refractivity contribution in [2.75, 3.05) is 6.61 Å². The number of hydrogen-bond donors (Lipinski definition) is 1. The summed E-state index contributed by atoms with van der Waals surface area (Å²) in [7, 11) is 0. The molecule has 0 aromatic heterocycles. The third kappa shape index (κ3) is 3.20. The van der Waals surface area contributed by atoms with E-state index in [1.54, 1.807) is 0 Å². The van der Waals surface area contributed by atoms with Crippen LogP contribution in [0.5, 0.6) is 0 Å². The zero-order chi connectivity index (χ0) is 16.2. The summed E-state index contributed by atoms with van der Waals surface area (Å²) in [6.07, 6.45) is 0. The van der Waals surface area contributed by atoms with Crippen molar-refractivity contribution in [2.24, 2.45) is 0 Å². The topological polar surface area (TPSA) is 38.3 Å². The SMILES string of the molecule is CCOC(=O)C(C)NCc1cc2ccccc2c2ccccc12. The van der Waals surface area contributed by atoms with E-state index in [2.05, 4.69) is 59.9 Å². The minimum atomic E-state index is -0.319. The van der Waals surface area contributed by atoms with Gasteiger partial charge in [0.2, 0.25) is 0 Å². The third-order valence-corrected chi connectivity index (χ3v) is 4.09. The summed E-state index contributed by atoms with van der Waals surface area (Å²) < 4.78 is 5.05. The molecular formula is C20H21NO2. The van der Waals surface area contributed by atoms with Crippen LogP contribution in [0.4, 0.5) is 0 Å². The number of rotatable bonds is 5. The molecular weight excluding hydrogens is 286 g/mol. The molecule has 3 aromatic rings. The van der Waals surface area contributed by atoms with Crippen LogP contribution in [0.3, 0.4) is 0 Å². The van der Waals surface area contributed by atoms with Crippen molar-refractivity contribution in [1.82, 2.24) is 5.32 Å². The Kier molecular flexibility index (Phi) is 4.58. The van der Waals surface area contributed by atoms with Gasteiger partial charge in [0.15, 0.2) is 0 Å². The average molecular weight is 307 g/mol. The molecule has 1 unspecified atom stereocenters. The summed E-state index contributed by atoms with van der Waals surface area (Å²) in [5.41, 5.74) is 1.19. The molecule has 0 heterocycles. The van der Waals surface area contributed by atoms with Gasteiger partial charge in [0.1, 0.15) is 6.04 Å². The second-order valence-corrected chi connectivity index (χ2v) is 5.66. The van der Waals surface area contributed by atoms with Gasteiger partial charge in [-0.1, -0.05) is 48.5 Å². The molecule has 3 nitrogen and oxygen atoms in total. The van der Waals surface area contributed by atoms with Gasteiger partial charge in [0.05, 0.1) is 6.61 Å². The van der Waals surface area contributed by atoms with Crippen molar-refractivity contribution >= 4 is 27.5 Å². The minimum absolute atomic E-state index is 0.211. The van der Waals surface area contributed by atoms with E-state index >= 15 is 0 Å². The van der Waals surface area contributed by atoms with E-state index in [0.29, 0.717) is 13.2 Å². The van der Waals surface area contributed by atoms with Gasteiger partial charge in [-0.15, -0.1) is 0 Å². The highest BCUT2D eigenvalue weighted by atomic mass is 16.5. The smallest absolute Gasteiger partial charge is 0.322 e. The summed E-state index contributed by atoms with van der Waals surface area (Å²) in [6, 6.07) is 18.7. The fourth-order valence-corrected chi connectivity index (χ4v) is 2.89. The Balaban J connectivity index is 1.95. The number of esters is 1. The lowest BCUT2D eigenvalue weighted by molar-refractivity contribution is -0.145. The van der Waals surface area contributed by atoms with Crippen LogP contribution < -0.4 is 5.32 Å². The quantitative estimate of drug-likeness (QED) is 0.571. The molecule has 118 valence electrons. The fourth-order valence-electron chi connectivity index (χ4n) is 2.89. The first-order valence-corrected chi connectivity index (χ1v) is 8.00. The van der Waals surface area contributed by atoms with Crippen LogP contribution in [0.1, 0.15) is 19.4 Å². The normalized spacial score (nSPS) is 12.4. The Hall–Kier alpha value is -2.39. The molecule has 0 aliphatic carbocycles. The first-order valence-electron chi connectivity index (χ1n) is 8.00. The van der Waals surface area contributed by atoms with Crippen LogP contribution in [-0.2, 0) is 16.1 Å². The van der Waals surface area contributed by atoms with Crippen molar-refractivity contribution in [3.05, 3.63) is 60.2 Å². The maximum atomic E-state index is 11.8. The summed E-state index contributed by atoms with van der Waals surface area (Å²) >= 11 is 0. The first-order chi connectivity index (χ1) is 11.2. The molecule has 3 rings (SSSR count). The lowest BCUT2D eigenvalue weighted by atomic mass is 9.97. The van der Waals surface area contributed by atoms with Crippen LogP contribution in [0.2, 0.25) is 0 Å². The van der Waals surface area contributed by atoms with E-state index in [-0.39, 0.29) is 12.0 Å². The van der Waals surface area contributed by atoms with E-state index in [4.69, 9.17) is 4.74 Å². The molecule has 0 amide bonds. The summed E-state index contributed by atoms with van der Waals surface area (Å²) in [5.74, 6) is -0.211. The van der Waals surface area contributed by atoms with Gasteiger partial charge in [-0.2, -0.15) is 0 Å². The zero-order valence-electron chi connectivity index (χ0n) is 13.5. The van der Waals surface area contributed by atoms with Crippen molar-refractivity contribution < 1.29 is 9.53 Å². The van der Waals surface area contributed by atoms with Gasteiger partial charge in [0, 0.05) is 6.54 Å². The van der Waals surface area contributed by atoms with Gasteiger partial charge >= 0.3 is 5.97 Å². The van der Waals surface area contributed by atoms with Crippen LogP contribution in [-0.4, -0.2) is 18.6 Å². The molecule has 0 aliphatic heterocycles. The van der Waals surface area contributed by atoms with Crippen molar-refractivity contribution in [3.63, 3.8) is 0 Å². The molecule has 0 spiro atoms. The number of ether oxygens (including phenoxy) is 1. The van der Waals surface area contributed by atoms with Gasteiger partial charge in [-0.25, -0.2) is 0 Å². The van der Waals surface area contributed by atoms with Gasteiger partial charge in [-0.3, -0.25) is 4.79 Å². The fraction of sp³-hybridized carbons (Fsp3) is 0.250. The number of carbonyl (C=O) groups excluding carboxylic acids is 1. The predicted molar refractivity (Wildman–Crippen MR) is 94.4 cm³/mol. The monoisotopic (exact) mass is 307 g/mol.